The first-order valence-electron chi connectivity index (χ1n) is 8.02. The largest absolute Gasteiger partial charge is 0.433 e. The van der Waals surface area contributed by atoms with Gasteiger partial charge >= 0.3 is 6.18 Å². The number of aromatic nitrogens is 4. The van der Waals surface area contributed by atoms with Gasteiger partial charge in [0.05, 0.1) is 12.7 Å². The Hall–Kier alpha value is -3.23. The lowest BCUT2D eigenvalue weighted by Gasteiger charge is -2.10. The van der Waals surface area contributed by atoms with E-state index in [0.29, 0.717) is 5.69 Å². The number of nitrogens with one attached hydrogen (secondary N) is 1. The highest BCUT2D eigenvalue weighted by Crippen LogP contribution is 2.29. The smallest absolute Gasteiger partial charge is 0.324 e. The average Bonchev–Trinajstić information content (AvgIpc) is 3.01. The molecule has 0 atom stereocenters. The molecule has 0 radical (unpaired) electrons. The molecule has 6 nitrogen and oxygen atoms in total. The summed E-state index contributed by atoms with van der Waals surface area (Å²) in [4.78, 5) is 18.6. The van der Waals surface area contributed by atoms with Crippen molar-refractivity contribution in [3.63, 3.8) is 0 Å². The van der Waals surface area contributed by atoms with Crippen LogP contribution in [0.5, 0.6) is 0 Å². The highest BCUT2D eigenvalue weighted by molar-refractivity contribution is 5.75. The van der Waals surface area contributed by atoms with Gasteiger partial charge < -0.3 is 5.32 Å². The number of carbonyl (C=O) groups is 1. The maximum absolute atomic E-state index is 12.8. The molecular formula is C18H16F3N5O. The van der Waals surface area contributed by atoms with E-state index in [4.69, 9.17) is 0 Å². The summed E-state index contributed by atoms with van der Waals surface area (Å²) in [5.74, 6) is -0.161. The van der Waals surface area contributed by atoms with Gasteiger partial charge in [-0.15, -0.1) is 0 Å². The Kier molecular flexibility index (Phi) is 4.93. The van der Waals surface area contributed by atoms with Crippen molar-refractivity contribution in [1.29, 1.82) is 0 Å². The molecule has 3 rings (SSSR count). The Morgan fingerprint density at radius 3 is 2.70 bits per heavy atom. The molecule has 1 N–H and O–H groups in total. The molecule has 0 spiro atoms. The quantitative estimate of drug-likeness (QED) is 0.730. The summed E-state index contributed by atoms with van der Waals surface area (Å²) < 4.78 is 39.9. The second-order valence-electron chi connectivity index (χ2n) is 6.10. The number of aryl methyl sites for hydroxylation is 1. The zero-order chi connectivity index (χ0) is 19.6. The molecule has 2 heterocycles. The number of carbonyl (C=O) groups excluding carboxylic acids is 1. The molecule has 0 fully saturated rings. The van der Waals surface area contributed by atoms with Gasteiger partial charge in [-0.2, -0.15) is 18.3 Å². The number of benzene rings is 1. The normalized spacial score (nSPS) is 11.4. The van der Waals surface area contributed by atoms with Crippen molar-refractivity contribution in [2.45, 2.75) is 26.6 Å². The number of Topliss-reactive ketones (excluding diaryl/α,β-unsaturated/α-hetero) is 1. The van der Waals surface area contributed by atoms with Crippen LogP contribution < -0.4 is 5.32 Å². The topological polar surface area (TPSA) is 72.7 Å². The number of hydrogen-bond acceptors (Lipinski definition) is 5. The lowest BCUT2D eigenvalue weighted by atomic mass is 10.1. The fourth-order valence-electron chi connectivity index (χ4n) is 2.56. The van der Waals surface area contributed by atoms with Crippen LogP contribution in [0.3, 0.4) is 0 Å². The molecule has 3 aromatic rings. The SMILES string of the molecule is CC(=O)Cn1cc(-c2cc(C)cc(Nc3nccc(C(F)(F)F)n3)c2)cn1. The summed E-state index contributed by atoms with van der Waals surface area (Å²) in [6.07, 6.45) is -0.119. The molecule has 9 heteroatoms. The van der Waals surface area contributed by atoms with Gasteiger partial charge in [0.15, 0.2) is 5.78 Å². The molecule has 0 aliphatic carbocycles. The fraction of sp³-hybridized carbons (Fsp3) is 0.222. The lowest BCUT2D eigenvalue weighted by molar-refractivity contribution is -0.141. The Morgan fingerprint density at radius 1 is 1.22 bits per heavy atom. The Balaban J connectivity index is 1.88. The van der Waals surface area contributed by atoms with Gasteiger partial charge in [0.25, 0.3) is 0 Å². The molecule has 1 aromatic carbocycles. The van der Waals surface area contributed by atoms with Crippen molar-refractivity contribution in [3.8, 4) is 11.1 Å². The van der Waals surface area contributed by atoms with Crippen LogP contribution in [0, 0.1) is 6.92 Å². The Bertz CT molecular complexity index is 981. The average molecular weight is 375 g/mol. The zero-order valence-electron chi connectivity index (χ0n) is 14.6. The van der Waals surface area contributed by atoms with Crippen LogP contribution in [0.1, 0.15) is 18.2 Å². The third-order valence-electron chi connectivity index (χ3n) is 3.63. The second-order valence-corrected chi connectivity index (χ2v) is 6.10. The molecule has 0 saturated heterocycles. The van der Waals surface area contributed by atoms with Gasteiger partial charge in [0, 0.05) is 23.6 Å². The van der Waals surface area contributed by atoms with Crippen LogP contribution in [-0.4, -0.2) is 25.5 Å². The molecule has 140 valence electrons. The van der Waals surface area contributed by atoms with E-state index in [-0.39, 0.29) is 18.3 Å². The van der Waals surface area contributed by atoms with Crippen molar-refractivity contribution >= 4 is 17.4 Å². The highest BCUT2D eigenvalue weighted by atomic mass is 19.4. The molecule has 27 heavy (non-hydrogen) atoms. The van der Waals surface area contributed by atoms with Gasteiger partial charge in [-0.05, 0) is 43.2 Å². The maximum Gasteiger partial charge on any atom is 0.433 e. The van der Waals surface area contributed by atoms with Crippen LogP contribution in [0.25, 0.3) is 11.1 Å². The van der Waals surface area contributed by atoms with Crippen molar-refractivity contribution in [1.82, 2.24) is 19.7 Å². The first-order chi connectivity index (χ1) is 12.7. The monoisotopic (exact) mass is 375 g/mol. The van der Waals surface area contributed by atoms with Crippen molar-refractivity contribution in [2.75, 3.05) is 5.32 Å². The van der Waals surface area contributed by atoms with Gasteiger partial charge in [0.1, 0.15) is 5.69 Å². The number of hydrogen-bond donors (Lipinski definition) is 1. The van der Waals surface area contributed by atoms with E-state index in [0.717, 1.165) is 29.0 Å². The molecule has 0 aliphatic heterocycles. The standard InChI is InChI=1S/C18H16F3N5O/c1-11-5-13(14-8-23-26(10-14)9-12(2)27)7-15(6-11)24-17-22-4-3-16(25-17)18(19,20)21/h3-8,10H,9H2,1-2H3,(H,22,24,25). The van der Waals surface area contributed by atoms with Crippen molar-refractivity contribution in [2.24, 2.45) is 0 Å². The molecule has 0 bridgehead atoms. The lowest BCUT2D eigenvalue weighted by Crippen LogP contribution is -2.10. The van der Waals surface area contributed by atoms with Crippen molar-refractivity contribution < 1.29 is 18.0 Å². The van der Waals surface area contributed by atoms with Gasteiger partial charge in [-0.25, -0.2) is 9.97 Å². The fourth-order valence-corrected chi connectivity index (χ4v) is 2.56. The maximum atomic E-state index is 12.8. The highest BCUT2D eigenvalue weighted by Gasteiger charge is 2.32. The van der Waals surface area contributed by atoms with E-state index >= 15 is 0 Å². The number of alkyl halides is 3. The molecule has 0 saturated carbocycles. The molecule has 0 amide bonds. The Labute approximate surface area is 153 Å². The zero-order valence-corrected chi connectivity index (χ0v) is 14.6. The van der Waals surface area contributed by atoms with Crippen LogP contribution >= 0.6 is 0 Å². The van der Waals surface area contributed by atoms with E-state index in [1.807, 2.05) is 13.0 Å². The number of rotatable bonds is 5. The van der Waals surface area contributed by atoms with Crippen LogP contribution in [-0.2, 0) is 17.5 Å². The number of ketones is 1. The van der Waals surface area contributed by atoms with Crippen molar-refractivity contribution in [3.05, 3.63) is 54.1 Å². The Morgan fingerprint density at radius 2 is 2.00 bits per heavy atom. The van der Waals surface area contributed by atoms with E-state index in [1.54, 1.807) is 24.5 Å². The minimum atomic E-state index is -4.54. The first kappa shape index (κ1) is 18.6. The van der Waals surface area contributed by atoms with E-state index in [9.17, 15) is 18.0 Å². The summed E-state index contributed by atoms with van der Waals surface area (Å²) in [5.41, 5.74) is 2.01. The van der Waals surface area contributed by atoms with E-state index < -0.39 is 11.9 Å². The van der Waals surface area contributed by atoms with E-state index in [1.165, 1.54) is 11.6 Å². The van der Waals surface area contributed by atoms with Gasteiger partial charge in [0.2, 0.25) is 5.95 Å². The third kappa shape index (κ3) is 4.69. The summed E-state index contributed by atoms with van der Waals surface area (Å²) >= 11 is 0. The van der Waals surface area contributed by atoms with Gasteiger partial charge in [-0.1, -0.05) is 6.07 Å². The molecular weight excluding hydrogens is 359 g/mol. The first-order valence-corrected chi connectivity index (χ1v) is 8.02. The third-order valence-corrected chi connectivity index (χ3v) is 3.63. The predicted molar refractivity (Wildman–Crippen MR) is 93.4 cm³/mol. The summed E-state index contributed by atoms with van der Waals surface area (Å²) in [7, 11) is 0. The van der Waals surface area contributed by atoms with E-state index in [2.05, 4.69) is 20.4 Å². The summed E-state index contributed by atoms with van der Waals surface area (Å²) in [6, 6.07) is 6.25. The minimum absolute atomic E-state index is 0.0158. The summed E-state index contributed by atoms with van der Waals surface area (Å²) in [5, 5.41) is 6.94. The second kappa shape index (κ2) is 7.18. The molecule has 0 aliphatic rings. The van der Waals surface area contributed by atoms with Crippen LogP contribution in [0.4, 0.5) is 24.8 Å². The number of nitrogens with zero attached hydrogens (tertiary/aromatic N) is 4. The number of anilines is 2. The minimum Gasteiger partial charge on any atom is -0.324 e. The molecule has 2 aromatic heterocycles. The van der Waals surface area contributed by atoms with Crippen LogP contribution in [0.15, 0.2) is 42.9 Å². The van der Waals surface area contributed by atoms with Crippen LogP contribution in [0.2, 0.25) is 0 Å². The summed E-state index contributed by atoms with van der Waals surface area (Å²) in [6.45, 7) is 3.52. The number of halogens is 3. The molecule has 0 unspecified atom stereocenters. The predicted octanol–water partition coefficient (Wildman–Crippen LogP) is 4.00. The van der Waals surface area contributed by atoms with Gasteiger partial charge in [-0.3, -0.25) is 9.48 Å².